The Labute approximate surface area is 151 Å². The van der Waals surface area contributed by atoms with Gasteiger partial charge < -0.3 is 15.5 Å². The van der Waals surface area contributed by atoms with Crippen molar-refractivity contribution in [3.8, 4) is 0 Å². The lowest BCUT2D eigenvalue weighted by Crippen LogP contribution is -2.49. The minimum Gasteiger partial charge on any atom is -0.354 e. The second kappa shape index (κ2) is 9.37. The molecule has 0 saturated carbocycles. The van der Waals surface area contributed by atoms with E-state index in [0.717, 1.165) is 24.1 Å². The van der Waals surface area contributed by atoms with E-state index >= 15 is 0 Å². The van der Waals surface area contributed by atoms with Crippen molar-refractivity contribution in [3.63, 3.8) is 0 Å². The molecule has 24 heavy (non-hydrogen) atoms. The molecule has 1 aliphatic rings. The Morgan fingerprint density at radius 3 is 2.58 bits per heavy atom. The highest BCUT2D eigenvalue weighted by atomic mass is 32.1. The van der Waals surface area contributed by atoms with Gasteiger partial charge in [0.05, 0.1) is 17.2 Å². The number of nitrogens with one attached hydrogen (secondary N) is 2. The van der Waals surface area contributed by atoms with Gasteiger partial charge in [-0.2, -0.15) is 0 Å². The molecule has 2 heterocycles. The monoisotopic (exact) mass is 351 g/mol. The number of nitrogens with zero attached hydrogens (tertiary/aromatic N) is 3. The molecule has 1 aliphatic heterocycles. The van der Waals surface area contributed by atoms with Crippen LogP contribution in [0.15, 0.2) is 10.4 Å². The van der Waals surface area contributed by atoms with Crippen LogP contribution >= 0.6 is 11.3 Å². The van der Waals surface area contributed by atoms with E-state index in [1.807, 2.05) is 7.05 Å². The molecule has 2 rings (SSSR count). The van der Waals surface area contributed by atoms with Crippen LogP contribution in [0.1, 0.15) is 57.2 Å². The lowest BCUT2D eigenvalue weighted by molar-refractivity contribution is 0.187. The smallest absolute Gasteiger partial charge is 0.191 e. The number of hydrogen-bond donors (Lipinski definition) is 2. The number of rotatable bonds is 6. The van der Waals surface area contributed by atoms with E-state index in [4.69, 9.17) is 0 Å². The van der Waals surface area contributed by atoms with Crippen molar-refractivity contribution >= 4 is 17.3 Å². The molecule has 0 amide bonds. The van der Waals surface area contributed by atoms with Crippen LogP contribution in [0.25, 0.3) is 0 Å². The standard InChI is InChI=1S/C18H33N5S/c1-13(2)11-23-8-6-15(7-9-23)22-18(19-5)20-10-16-12-24-17(21-16)14(3)4/h12-15H,6-11H2,1-5H3,(H2,19,20,22). The number of guanidine groups is 1. The first-order valence-electron chi connectivity index (χ1n) is 9.11. The van der Waals surface area contributed by atoms with Gasteiger partial charge in [-0.1, -0.05) is 27.7 Å². The van der Waals surface area contributed by atoms with E-state index in [1.165, 1.54) is 37.5 Å². The van der Waals surface area contributed by atoms with Crippen molar-refractivity contribution < 1.29 is 0 Å². The lowest BCUT2D eigenvalue weighted by atomic mass is 10.0. The summed E-state index contributed by atoms with van der Waals surface area (Å²) < 4.78 is 0. The summed E-state index contributed by atoms with van der Waals surface area (Å²) in [6, 6.07) is 0.515. The molecule has 1 aromatic rings. The zero-order valence-corrected chi connectivity index (χ0v) is 16.6. The molecule has 0 radical (unpaired) electrons. The summed E-state index contributed by atoms with van der Waals surface area (Å²) in [5.41, 5.74) is 1.10. The van der Waals surface area contributed by atoms with Crippen molar-refractivity contribution in [2.75, 3.05) is 26.7 Å². The summed E-state index contributed by atoms with van der Waals surface area (Å²) in [5.74, 6) is 2.13. The van der Waals surface area contributed by atoms with E-state index in [1.54, 1.807) is 11.3 Å². The molecule has 1 saturated heterocycles. The number of aliphatic imine (C=N–C) groups is 1. The van der Waals surface area contributed by atoms with Gasteiger partial charge in [-0.25, -0.2) is 4.98 Å². The molecule has 1 aromatic heterocycles. The molecule has 6 heteroatoms. The van der Waals surface area contributed by atoms with E-state index in [0.29, 0.717) is 12.0 Å². The number of likely N-dealkylation sites (tertiary alicyclic amines) is 1. The van der Waals surface area contributed by atoms with Gasteiger partial charge >= 0.3 is 0 Å². The van der Waals surface area contributed by atoms with Crippen LogP contribution in [0.2, 0.25) is 0 Å². The number of aromatic nitrogens is 1. The maximum atomic E-state index is 4.67. The number of hydrogen-bond acceptors (Lipinski definition) is 4. The minimum atomic E-state index is 0.497. The van der Waals surface area contributed by atoms with Gasteiger partial charge in [-0.05, 0) is 18.8 Å². The molecule has 0 atom stereocenters. The van der Waals surface area contributed by atoms with E-state index < -0.39 is 0 Å². The first-order valence-corrected chi connectivity index (χ1v) is 9.99. The van der Waals surface area contributed by atoms with Crippen molar-refractivity contribution in [2.45, 2.75) is 59.0 Å². The molecule has 0 aliphatic carbocycles. The summed E-state index contributed by atoms with van der Waals surface area (Å²) in [4.78, 5) is 11.6. The molecule has 0 bridgehead atoms. The Bertz CT molecular complexity index is 515. The molecule has 1 fully saturated rings. The average Bonchev–Trinajstić information content (AvgIpc) is 3.02. The van der Waals surface area contributed by atoms with Crippen LogP contribution in [0.4, 0.5) is 0 Å². The number of thiazole rings is 1. The van der Waals surface area contributed by atoms with Gasteiger partial charge in [0.25, 0.3) is 0 Å². The van der Waals surface area contributed by atoms with Gasteiger partial charge in [0.15, 0.2) is 5.96 Å². The minimum absolute atomic E-state index is 0.497. The van der Waals surface area contributed by atoms with Gasteiger partial charge in [0.2, 0.25) is 0 Å². The summed E-state index contributed by atoms with van der Waals surface area (Å²) in [6.45, 7) is 13.2. The molecular weight excluding hydrogens is 318 g/mol. The fraction of sp³-hybridized carbons (Fsp3) is 0.778. The Hall–Kier alpha value is -1.14. The van der Waals surface area contributed by atoms with Gasteiger partial charge in [0.1, 0.15) is 0 Å². The molecule has 2 N–H and O–H groups in total. The predicted octanol–water partition coefficient (Wildman–Crippen LogP) is 3.05. The third-order valence-corrected chi connectivity index (χ3v) is 5.47. The van der Waals surface area contributed by atoms with Crippen LogP contribution in [0, 0.1) is 5.92 Å². The summed E-state index contributed by atoms with van der Waals surface area (Å²) in [5, 5.41) is 10.3. The Morgan fingerprint density at radius 1 is 1.33 bits per heavy atom. The van der Waals surface area contributed by atoms with Crippen molar-refractivity contribution in [1.29, 1.82) is 0 Å². The number of piperidine rings is 1. The third-order valence-electron chi connectivity index (χ3n) is 4.28. The maximum absolute atomic E-state index is 4.67. The summed E-state index contributed by atoms with van der Waals surface area (Å²) in [6.07, 6.45) is 2.36. The van der Waals surface area contributed by atoms with Gasteiger partial charge in [-0.3, -0.25) is 4.99 Å². The summed E-state index contributed by atoms with van der Waals surface area (Å²) in [7, 11) is 1.84. The van der Waals surface area contributed by atoms with Gasteiger partial charge in [-0.15, -0.1) is 11.3 Å². The van der Waals surface area contributed by atoms with Crippen LogP contribution < -0.4 is 10.6 Å². The first kappa shape index (κ1) is 19.2. The summed E-state index contributed by atoms with van der Waals surface area (Å²) >= 11 is 1.74. The Balaban J connectivity index is 1.74. The van der Waals surface area contributed by atoms with Crippen molar-refractivity contribution in [1.82, 2.24) is 20.5 Å². The highest BCUT2D eigenvalue weighted by Gasteiger charge is 2.20. The van der Waals surface area contributed by atoms with E-state index in [2.05, 4.69) is 58.6 Å². The molecule has 5 nitrogen and oxygen atoms in total. The molecule has 0 unspecified atom stereocenters. The highest BCUT2D eigenvalue weighted by molar-refractivity contribution is 7.09. The quantitative estimate of drug-likeness (QED) is 0.611. The first-order chi connectivity index (χ1) is 11.5. The van der Waals surface area contributed by atoms with E-state index in [-0.39, 0.29) is 0 Å². The van der Waals surface area contributed by atoms with Crippen molar-refractivity contribution in [3.05, 3.63) is 16.1 Å². The SMILES string of the molecule is CN=C(NCc1csc(C(C)C)n1)NC1CCN(CC(C)C)CC1. The normalized spacial score (nSPS) is 17.7. The second-order valence-electron chi connectivity index (χ2n) is 7.37. The fourth-order valence-electron chi connectivity index (χ4n) is 3.01. The molecule has 0 spiro atoms. The molecular formula is C18H33N5S. The predicted molar refractivity (Wildman–Crippen MR) is 104 cm³/mol. The average molecular weight is 352 g/mol. The fourth-order valence-corrected chi connectivity index (χ4v) is 3.84. The third kappa shape index (κ3) is 6.06. The largest absolute Gasteiger partial charge is 0.354 e. The zero-order chi connectivity index (χ0) is 17.5. The Morgan fingerprint density at radius 2 is 2.04 bits per heavy atom. The lowest BCUT2D eigenvalue weighted by Gasteiger charge is -2.33. The van der Waals surface area contributed by atoms with Crippen LogP contribution in [0.5, 0.6) is 0 Å². The van der Waals surface area contributed by atoms with Crippen molar-refractivity contribution in [2.24, 2.45) is 10.9 Å². The van der Waals surface area contributed by atoms with Crippen LogP contribution in [-0.4, -0.2) is 48.6 Å². The molecule has 136 valence electrons. The van der Waals surface area contributed by atoms with E-state index in [9.17, 15) is 0 Å². The topological polar surface area (TPSA) is 52.6 Å². The zero-order valence-electron chi connectivity index (χ0n) is 15.8. The maximum Gasteiger partial charge on any atom is 0.191 e. The highest BCUT2D eigenvalue weighted by Crippen LogP contribution is 2.19. The van der Waals surface area contributed by atoms with Gasteiger partial charge in [0, 0.05) is 44.0 Å². The van der Waals surface area contributed by atoms with Crippen LogP contribution in [0.3, 0.4) is 0 Å². The molecule has 0 aromatic carbocycles. The second-order valence-corrected chi connectivity index (χ2v) is 8.26. The Kier molecular flexibility index (Phi) is 7.49. The van der Waals surface area contributed by atoms with Crippen LogP contribution in [-0.2, 0) is 6.54 Å².